The van der Waals surface area contributed by atoms with Crippen LogP contribution in [0.5, 0.6) is 0 Å². The summed E-state index contributed by atoms with van der Waals surface area (Å²) in [5.41, 5.74) is -0.569. The summed E-state index contributed by atoms with van der Waals surface area (Å²) in [5, 5.41) is 26.6. The Morgan fingerprint density at radius 1 is 1.55 bits per heavy atom. The molecule has 1 amide bonds. The zero-order valence-corrected chi connectivity index (χ0v) is 11.1. The molecule has 0 atom stereocenters. The van der Waals surface area contributed by atoms with Crippen molar-refractivity contribution in [1.29, 1.82) is 0 Å². The Labute approximate surface area is 115 Å². The van der Waals surface area contributed by atoms with Crippen LogP contribution in [0.3, 0.4) is 0 Å². The number of aliphatic hydroxyl groups excluding tert-OH is 1. The molecule has 0 bridgehead atoms. The lowest BCUT2D eigenvalue weighted by Gasteiger charge is -2.27. The van der Waals surface area contributed by atoms with E-state index >= 15 is 0 Å². The third kappa shape index (κ3) is 3.32. The van der Waals surface area contributed by atoms with Gasteiger partial charge in [-0.3, -0.25) is 19.6 Å². The number of aryl methyl sites for hydroxylation is 1. The second kappa shape index (κ2) is 6.00. The van der Waals surface area contributed by atoms with Crippen LogP contribution in [-0.4, -0.2) is 37.9 Å². The summed E-state index contributed by atoms with van der Waals surface area (Å²) >= 11 is 0. The van der Waals surface area contributed by atoms with Gasteiger partial charge in [0.1, 0.15) is 12.4 Å². The molecule has 110 valence electrons. The van der Waals surface area contributed by atoms with Gasteiger partial charge in [-0.05, 0) is 12.8 Å². The number of aromatic nitrogens is 2. The normalized spacial score (nSPS) is 17.1. The zero-order valence-electron chi connectivity index (χ0n) is 11.1. The van der Waals surface area contributed by atoms with Crippen LogP contribution in [0.25, 0.3) is 0 Å². The molecule has 1 fully saturated rings. The summed E-state index contributed by atoms with van der Waals surface area (Å²) < 4.78 is 1.37. The van der Waals surface area contributed by atoms with Crippen molar-refractivity contribution in [2.24, 2.45) is 0 Å². The second-order valence-electron chi connectivity index (χ2n) is 5.16. The van der Waals surface area contributed by atoms with E-state index in [2.05, 4.69) is 10.4 Å². The molecule has 20 heavy (non-hydrogen) atoms. The molecule has 0 aliphatic heterocycles. The van der Waals surface area contributed by atoms with Crippen LogP contribution >= 0.6 is 0 Å². The molecule has 0 radical (unpaired) electrons. The van der Waals surface area contributed by atoms with Gasteiger partial charge in [0.2, 0.25) is 5.91 Å². The first-order valence-corrected chi connectivity index (χ1v) is 6.63. The average molecular weight is 282 g/mol. The minimum Gasteiger partial charge on any atom is -0.394 e. The summed E-state index contributed by atoms with van der Waals surface area (Å²) in [6.45, 7) is 0.229. The van der Waals surface area contributed by atoms with Crippen LogP contribution in [0.15, 0.2) is 12.4 Å². The minimum absolute atomic E-state index is 0.0496. The van der Waals surface area contributed by atoms with Crippen molar-refractivity contribution < 1.29 is 14.8 Å². The fourth-order valence-electron chi connectivity index (χ4n) is 2.52. The molecule has 1 saturated carbocycles. The summed E-state index contributed by atoms with van der Waals surface area (Å²) in [4.78, 5) is 21.9. The van der Waals surface area contributed by atoms with Crippen LogP contribution < -0.4 is 5.32 Å². The maximum absolute atomic E-state index is 11.9. The lowest BCUT2D eigenvalue weighted by molar-refractivity contribution is -0.385. The lowest BCUT2D eigenvalue weighted by Crippen LogP contribution is -2.49. The molecule has 1 aliphatic rings. The number of amides is 1. The van der Waals surface area contributed by atoms with Crippen molar-refractivity contribution in [3.05, 3.63) is 22.5 Å². The number of carbonyl (C=O) groups excluding carboxylic acids is 1. The van der Waals surface area contributed by atoms with E-state index in [1.165, 1.54) is 10.9 Å². The van der Waals surface area contributed by atoms with Crippen LogP contribution in [-0.2, 0) is 11.3 Å². The summed E-state index contributed by atoms with van der Waals surface area (Å²) in [6, 6.07) is 0. The molecule has 1 aromatic heterocycles. The molecule has 0 spiro atoms. The van der Waals surface area contributed by atoms with Crippen LogP contribution in [0.4, 0.5) is 5.69 Å². The Bertz CT molecular complexity index is 493. The first-order chi connectivity index (χ1) is 9.54. The van der Waals surface area contributed by atoms with Crippen LogP contribution in [0.2, 0.25) is 0 Å². The molecule has 2 rings (SSSR count). The fourth-order valence-corrected chi connectivity index (χ4v) is 2.52. The number of hydrogen-bond donors (Lipinski definition) is 2. The largest absolute Gasteiger partial charge is 0.394 e. The Morgan fingerprint density at radius 2 is 2.25 bits per heavy atom. The summed E-state index contributed by atoms with van der Waals surface area (Å²) in [5.74, 6) is -0.167. The number of aliphatic hydroxyl groups is 1. The van der Waals surface area contributed by atoms with Crippen molar-refractivity contribution in [1.82, 2.24) is 15.1 Å². The number of carbonyl (C=O) groups is 1. The molecule has 1 aromatic rings. The van der Waals surface area contributed by atoms with Gasteiger partial charge in [0, 0.05) is 13.0 Å². The maximum Gasteiger partial charge on any atom is 0.306 e. The summed E-state index contributed by atoms with van der Waals surface area (Å²) in [7, 11) is 0. The Morgan fingerprint density at radius 3 is 2.80 bits per heavy atom. The number of nitro groups is 1. The monoisotopic (exact) mass is 282 g/mol. The predicted molar refractivity (Wildman–Crippen MR) is 69.9 cm³/mol. The van der Waals surface area contributed by atoms with Crippen molar-refractivity contribution in [2.75, 3.05) is 6.61 Å². The molecule has 0 saturated heterocycles. The third-order valence-corrected chi connectivity index (χ3v) is 3.67. The highest BCUT2D eigenvalue weighted by Crippen LogP contribution is 2.29. The molecule has 0 unspecified atom stereocenters. The number of nitrogens with one attached hydrogen (secondary N) is 1. The van der Waals surface area contributed by atoms with Gasteiger partial charge in [0.25, 0.3) is 0 Å². The maximum atomic E-state index is 11.9. The van der Waals surface area contributed by atoms with Gasteiger partial charge >= 0.3 is 5.69 Å². The molecule has 8 heteroatoms. The van der Waals surface area contributed by atoms with Gasteiger partial charge < -0.3 is 10.4 Å². The fraction of sp³-hybridized carbons (Fsp3) is 0.667. The number of nitrogens with zero attached hydrogens (tertiary/aromatic N) is 3. The Hall–Kier alpha value is -1.96. The van der Waals surface area contributed by atoms with Gasteiger partial charge in [-0.25, -0.2) is 0 Å². The van der Waals surface area contributed by atoms with E-state index in [0.29, 0.717) is 0 Å². The second-order valence-corrected chi connectivity index (χ2v) is 5.16. The standard InChI is InChI=1S/C12H18N4O4/c17-9-12(4-1-2-5-12)14-11(18)3-6-15-8-10(7-13-15)16(19)20/h7-8,17H,1-6,9H2,(H,14,18). The predicted octanol–water partition coefficient (Wildman–Crippen LogP) is 0.603. The quantitative estimate of drug-likeness (QED) is 0.586. The van der Waals surface area contributed by atoms with E-state index in [0.717, 1.165) is 31.9 Å². The van der Waals surface area contributed by atoms with Gasteiger partial charge in [0.15, 0.2) is 0 Å². The van der Waals surface area contributed by atoms with E-state index in [1.807, 2.05) is 0 Å². The first kappa shape index (κ1) is 14.4. The molecule has 1 aliphatic carbocycles. The SMILES string of the molecule is O=C(CCn1cc([N+](=O)[O-])cn1)NC1(CO)CCCC1. The highest BCUT2D eigenvalue weighted by atomic mass is 16.6. The average Bonchev–Trinajstić information content (AvgIpc) is 3.06. The highest BCUT2D eigenvalue weighted by molar-refractivity contribution is 5.76. The Kier molecular flexibility index (Phi) is 4.33. The van der Waals surface area contributed by atoms with Gasteiger partial charge in [0.05, 0.1) is 17.1 Å². The highest BCUT2D eigenvalue weighted by Gasteiger charge is 2.34. The van der Waals surface area contributed by atoms with Gasteiger partial charge in [-0.1, -0.05) is 12.8 Å². The van der Waals surface area contributed by atoms with E-state index < -0.39 is 10.5 Å². The zero-order chi connectivity index (χ0) is 14.6. The van der Waals surface area contributed by atoms with Crippen LogP contribution in [0.1, 0.15) is 32.1 Å². The molecular formula is C12H18N4O4. The van der Waals surface area contributed by atoms with E-state index in [4.69, 9.17) is 0 Å². The Balaban J connectivity index is 1.84. The van der Waals surface area contributed by atoms with Gasteiger partial charge in [-0.2, -0.15) is 5.10 Å². The van der Waals surface area contributed by atoms with E-state index in [-0.39, 0.29) is 31.2 Å². The minimum atomic E-state index is -0.525. The molecule has 2 N–H and O–H groups in total. The number of rotatable bonds is 6. The molecule has 1 heterocycles. The van der Waals surface area contributed by atoms with E-state index in [1.54, 1.807) is 0 Å². The molecule has 8 nitrogen and oxygen atoms in total. The smallest absolute Gasteiger partial charge is 0.306 e. The van der Waals surface area contributed by atoms with Crippen molar-refractivity contribution >= 4 is 11.6 Å². The lowest BCUT2D eigenvalue weighted by atomic mass is 9.99. The van der Waals surface area contributed by atoms with Crippen molar-refractivity contribution in [3.63, 3.8) is 0 Å². The van der Waals surface area contributed by atoms with E-state index in [9.17, 15) is 20.0 Å². The topological polar surface area (TPSA) is 110 Å². The third-order valence-electron chi connectivity index (χ3n) is 3.67. The molecule has 0 aromatic carbocycles. The molecular weight excluding hydrogens is 264 g/mol. The van der Waals surface area contributed by atoms with Crippen molar-refractivity contribution in [2.45, 2.75) is 44.2 Å². The van der Waals surface area contributed by atoms with Crippen molar-refractivity contribution in [3.8, 4) is 0 Å². The number of hydrogen-bond acceptors (Lipinski definition) is 5. The van der Waals surface area contributed by atoms with Crippen LogP contribution in [0, 0.1) is 10.1 Å². The van der Waals surface area contributed by atoms with Gasteiger partial charge in [-0.15, -0.1) is 0 Å². The first-order valence-electron chi connectivity index (χ1n) is 6.63. The summed E-state index contributed by atoms with van der Waals surface area (Å²) in [6.07, 6.45) is 6.23.